The van der Waals surface area contributed by atoms with E-state index >= 15 is 0 Å². The summed E-state index contributed by atoms with van der Waals surface area (Å²) in [5.74, 6) is 0.532. The van der Waals surface area contributed by atoms with Crippen molar-refractivity contribution >= 4 is 21.6 Å². The molecule has 4 aromatic rings. The Morgan fingerprint density at radius 1 is 0.829 bits per heavy atom. The first-order valence-electron chi connectivity index (χ1n) is 10.8. The first-order chi connectivity index (χ1) is 16.9. The number of aryl methyl sites for hydroxylation is 1. The van der Waals surface area contributed by atoms with Crippen LogP contribution in [-0.4, -0.2) is 42.7 Å². The van der Waals surface area contributed by atoms with Crippen molar-refractivity contribution < 1.29 is 24.4 Å². The number of methoxy groups -OCH3 is 3. The third-order valence-corrected chi connectivity index (χ3v) is 6.84. The molecule has 0 aliphatic carbocycles. The number of aromatic nitrogens is 1. The Morgan fingerprint density at radius 2 is 1.43 bits per heavy atom. The van der Waals surface area contributed by atoms with Crippen molar-refractivity contribution in [3.05, 3.63) is 69.0 Å². The molecule has 0 aliphatic rings. The number of fused-ring (bicyclic) bond motifs is 1. The van der Waals surface area contributed by atoms with Crippen LogP contribution in [0.3, 0.4) is 0 Å². The summed E-state index contributed by atoms with van der Waals surface area (Å²) in [4.78, 5) is 27.4. The minimum absolute atomic E-state index is 0.00979. The Morgan fingerprint density at radius 3 is 2.06 bits per heavy atom. The molecule has 0 saturated heterocycles. The summed E-state index contributed by atoms with van der Waals surface area (Å²) in [5, 5.41) is 20.1. The van der Waals surface area contributed by atoms with E-state index in [0.29, 0.717) is 46.1 Å². The molecule has 0 fully saturated rings. The van der Waals surface area contributed by atoms with Gasteiger partial charge in [0.1, 0.15) is 10.2 Å². The number of pyridine rings is 1. The van der Waals surface area contributed by atoms with Crippen LogP contribution in [-0.2, 0) is 11.3 Å². The van der Waals surface area contributed by atoms with Gasteiger partial charge in [0, 0.05) is 42.8 Å². The van der Waals surface area contributed by atoms with Crippen LogP contribution in [0.5, 0.6) is 23.0 Å². The van der Waals surface area contributed by atoms with Gasteiger partial charge in [0.05, 0.1) is 19.9 Å². The Labute approximate surface area is 205 Å². The zero-order valence-electron chi connectivity index (χ0n) is 19.5. The summed E-state index contributed by atoms with van der Waals surface area (Å²) >= 11 is 1.30. The minimum atomic E-state index is -0.388. The maximum Gasteiger partial charge on any atom is 0.194 e. The zero-order valence-corrected chi connectivity index (χ0v) is 20.3. The first kappa shape index (κ1) is 24.3. The summed E-state index contributed by atoms with van der Waals surface area (Å²) < 4.78 is 17.6. The summed E-state index contributed by atoms with van der Waals surface area (Å²) in [6, 6.07) is 12.6. The van der Waals surface area contributed by atoms with Gasteiger partial charge in [0.2, 0.25) is 0 Å². The van der Waals surface area contributed by atoms with E-state index in [-0.39, 0.29) is 39.2 Å². The van der Waals surface area contributed by atoms with Crippen molar-refractivity contribution in [1.29, 1.82) is 0 Å². The number of phenolic OH excluding ortho intramolecular Hbond substituents is 2. The Bertz CT molecular complexity index is 1490. The van der Waals surface area contributed by atoms with Crippen LogP contribution in [0.15, 0.2) is 58.1 Å². The lowest BCUT2D eigenvalue weighted by molar-refractivity contribution is 0.191. The van der Waals surface area contributed by atoms with Crippen molar-refractivity contribution in [3.63, 3.8) is 0 Å². The number of nitrogens with zero attached hydrogens (tertiary/aromatic N) is 1. The largest absolute Gasteiger partial charge is 0.504 e. The van der Waals surface area contributed by atoms with Gasteiger partial charge in [0.15, 0.2) is 33.9 Å². The number of ether oxygens (including phenoxy) is 3. The van der Waals surface area contributed by atoms with Crippen LogP contribution < -0.4 is 20.3 Å². The Hall–Kier alpha value is -3.82. The molecule has 0 amide bonds. The van der Waals surface area contributed by atoms with Gasteiger partial charge in [-0.3, -0.25) is 9.59 Å². The second kappa shape index (κ2) is 10.2. The fourth-order valence-electron chi connectivity index (χ4n) is 3.92. The lowest BCUT2D eigenvalue weighted by Gasteiger charge is -2.18. The van der Waals surface area contributed by atoms with Crippen LogP contribution in [0.25, 0.3) is 31.9 Å². The number of hydrogen-bond donors (Lipinski definition) is 2. The summed E-state index contributed by atoms with van der Waals surface area (Å²) in [5.41, 5.74) is 1.15. The Balaban J connectivity index is 2.01. The second-order valence-corrected chi connectivity index (χ2v) is 8.85. The van der Waals surface area contributed by atoms with E-state index in [1.54, 1.807) is 31.4 Å². The standard InChI is InChI=1S/C26H25NO7S/c1-32-10-4-9-27-17(15-5-7-18(28)22(11-15)33-2)13-20(30)25-21(31)14-24(35-26(25)27)16-6-8-19(29)23(12-16)34-3/h5-8,11-14,28-29H,4,9-10H2,1-3H3. The molecular weight excluding hydrogens is 470 g/mol. The van der Waals surface area contributed by atoms with Crippen molar-refractivity contribution in [3.8, 4) is 44.7 Å². The lowest BCUT2D eigenvalue weighted by atomic mass is 10.1. The fourth-order valence-corrected chi connectivity index (χ4v) is 5.14. The number of phenols is 2. The third-order valence-electron chi connectivity index (χ3n) is 5.65. The molecule has 35 heavy (non-hydrogen) atoms. The number of hydrogen-bond acceptors (Lipinski definition) is 8. The average Bonchev–Trinajstić information content (AvgIpc) is 2.85. The molecule has 8 nitrogen and oxygen atoms in total. The van der Waals surface area contributed by atoms with Gasteiger partial charge >= 0.3 is 0 Å². The van der Waals surface area contributed by atoms with Gasteiger partial charge in [-0.25, -0.2) is 0 Å². The van der Waals surface area contributed by atoms with Crippen molar-refractivity contribution in [1.82, 2.24) is 4.57 Å². The van der Waals surface area contributed by atoms with E-state index in [9.17, 15) is 19.8 Å². The fraction of sp³-hybridized carbons (Fsp3) is 0.231. The first-order valence-corrected chi connectivity index (χ1v) is 11.6. The van der Waals surface area contributed by atoms with E-state index in [4.69, 9.17) is 14.2 Å². The van der Waals surface area contributed by atoms with Gasteiger partial charge < -0.3 is 29.0 Å². The number of benzene rings is 2. The highest BCUT2D eigenvalue weighted by Gasteiger charge is 2.17. The van der Waals surface area contributed by atoms with Gasteiger partial charge in [-0.05, 0) is 48.4 Å². The van der Waals surface area contributed by atoms with Gasteiger partial charge in [-0.15, -0.1) is 11.3 Å². The van der Waals surface area contributed by atoms with Crippen LogP contribution in [0.2, 0.25) is 0 Å². The third kappa shape index (κ3) is 4.73. The van der Waals surface area contributed by atoms with E-state index in [1.165, 1.54) is 49.8 Å². The molecule has 2 heterocycles. The van der Waals surface area contributed by atoms with E-state index < -0.39 is 0 Å². The normalized spacial score (nSPS) is 11.1. The second-order valence-electron chi connectivity index (χ2n) is 7.82. The molecule has 0 saturated carbocycles. The molecule has 2 N–H and O–H groups in total. The highest BCUT2D eigenvalue weighted by Crippen LogP contribution is 2.36. The minimum Gasteiger partial charge on any atom is -0.504 e. The molecule has 0 unspecified atom stereocenters. The van der Waals surface area contributed by atoms with Gasteiger partial charge in [0.25, 0.3) is 0 Å². The maximum absolute atomic E-state index is 13.1. The van der Waals surface area contributed by atoms with Gasteiger partial charge in [-0.1, -0.05) is 0 Å². The highest BCUT2D eigenvalue weighted by molar-refractivity contribution is 7.21. The quantitative estimate of drug-likeness (QED) is 0.353. The maximum atomic E-state index is 13.1. The lowest BCUT2D eigenvalue weighted by Crippen LogP contribution is -2.18. The summed E-state index contributed by atoms with van der Waals surface area (Å²) in [6.07, 6.45) is 0.648. The molecule has 182 valence electrons. The van der Waals surface area contributed by atoms with Crippen LogP contribution in [0.4, 0.5) is 0 Å². The average molecular weight is 496 g/mol. The summed E-state index contributed by atoms with van der Waals surface area (Å²) in [7, 11) is 4.52. The van der Waals surface area contributed by atoms with Crippen molar-refractivity contribution in [2.45, 2.75) is 13.0 Å². The molecule has 2 aromatic carbocycles. The Kier molecular flexibility index (Phi) is 7.09. The number of rotatable bonds is 8. The molecule has 0 bridgehead atoms. The molecule has 0 spiro atoms. The molecule has 0 atom stereocenters. The topological polar surface area (TPSA) is 107 Å². The smallest absolute Gasteiger partial charge is 0.194 e. The number of aromatic hydroxyl groups is 2. The predicted molar refractivity (Wildman–Crippen MR) is 136 cm³/mol. The van der Waals surface area contributed by atoms with Gasteiger partial charge in [-0.2, -0.15) is 0 Å². The van der Waals surface area contributed by atoms with Crippen LogP contribution >= 0.6 is 11.3 Å². The SMILES string of the molecule is COCCCn1c(-c2ccc(O)c(OC)c2)cc(=O)c2c(=O)cc(-c3ccc(O)c(OC)c3)sc21. The van der Waals surface area contributed by atoms with Crippen molar-refractivity contribution in [2.75, 3.05) is 27.9 Å². The van der Waals surface area contributed by atoms with Crippen LogP contribution in [0.1, 0.15) is 6.42 Å². The van der Waals surface area contributed by atoms with E-state index in [0.717, 1.165) is 0 Å². The molecule has 0 aliphatic heterocycles. The molecule has 2 aromatic heterocycles. The molecular formula is C26H25NO7S. The summed E-state index contributed by atoms with van der Waals surface area (Å²) in [6.45, 7) is 0.983. The van der Waals surface area contributed by atoms with Crippen LogP contribution in [0, 0.1) is 0 Å². The highest BCUT2D eigenvalue weighted by atomic mass is 32.1. The van der Waals surface area contributed by atoms with Crippen molar-refractivity contribution in [2.24, 2.45) is 0 Å². The van der Waals surface area contributed by atoms with E-state index in [2.05, 4.69) is 0 Å². The molecule has 9 heteroatoms. The zero-order chi connectivity index (χ0) is 25.1. The van der Waals surface area contributed by atoms with E-state index in [1.807, 2.05) is 4.57 Å². The molecule has 0 radical (unpaired) electrons. The molecule has 4 rings (SSSR count). The monoisotopic (exact) mass is 495 g/mol. The predicted octanol–water partition coefficient (Wildman–Crippen LogP) is 4.22.